The minimum Gasteiger partial charge on any atom is -0.444 e. The number of amides is 1. The molecule has 0 aromatic rings. The van der Waals surface area contributed by atoms with Crippen LogP contribution >= 0.6 is 0 Å². The molecule has 1 aliphatic carbocycles. The van der Waals surface area contributed by atoms with Gasteiger partial charge in [-0.2, -0.15) is 0 Å². The Morgan fingerprint density at radius 1 is 1.23 bits per heavy atom. The highest BCUT2D eigenvalue weighted by molar-refractivity contribution is 5.67. The van der Waals surface area contributed by atoms with Gasteiger partial charge in [0.05, 0.1) is 5.60 Å². The molecule has 0 aliphatic heterocycles. The van der Waals surface area contributed by atoms with Crippen LogP contribution in [0.25, 0.3) is 0 Å². The van der Waals surface area contributed by atoms with E-state index in [0.717, 1.165) is 25.9 Å². The summed E-state index contributed by atoms with van der Waals surface area (Å²) in [6, 6.07) is 0. The van der Waals surface area contributed by atoms with Crippen LogP contribution in [0.2, 0.25) is 0 Å². The van der Waals surface area contributed by atoms with Gasteiger partial charge in [0.1, 0.15) is 5.60 Å². The van der Waals surface area contributed by atoms with Gasteiger partial charge in [0.25, 0.3) is 0 Å². The lowest BCUT2D eigenvalue weighted by molar-refractivity contribution is -0.0698. The molecule has 1 rings (SSSR count). The molecule has 0 saturated heterocycles. The Bertz CT molecular complexity index is 341. The summed E-state index contributed by atoms with van der Waals surface area (Å²) in [5, 5.41) is 6.39. The van der Waals surface area contributed by atoms with Crippen LogP contribution in [0.4, 0.5) is 4.79 Å². The molecular weight excluding hydrogens is 280 g/mol. The standard InChI is InChI=1S/C17H34N2O3/c1-13(2)14(11-19-15(20)22-16(3,4)5)10-18-12-17(21-6)8-7-9-17/h13-14,18H,7-12H2,1-6H3,(H,19,20). The minimum absolute atomic E-state index is 0.0418. The first-order valence-electron chi connectivity index (χ1n) is 8.40. The Labute approximate surface area is 135 Å². The quantitative estimate of drug-likeness (QED) is 0.723. The van der Waals surface area contributed by atoms with Gasteiger partial charge >= 0.3 is 6.09 Å². The third kappa shape index (κ3) is 6.53. The predicted molar refractivity (Wildman–Crippen MR) is 89.0 cm³/mol. The van der Waals surface area contributed by atoms with Gasteiger partial charge in [0.2, 0.25) is 0 Å². The van der Waals surface area contributed by atoms with Crippen LogP contribution < -0.4 is 10.6 Å². The van der Waals surface area contributed by atoms with Crippen molar-refractivity contribution in [1.82, 2.24) is 10.6 Å². The van der Waals surface area contributed by atoms with Crippen LogP contribution in [0.3, 0.4) is 0 Å². The van der Waals surface area contributed by atoms with Crippen molar-refractivity contribution in [3.8, 4) is 0 Å². The van der Waals surface area contributed by atoms with Gasteiger partial charge in [-0.05, 0) is 58.4 Å². The van der Waals surface area contributed by atoms with Crippen LogP contribution in [0.1, 0.15) is 53.9 Å². The van der Waals surface area contributed by atoms with Crippen molar-refractivity contribution in [2.24, 2.45) is 11.8 Å². The molecule has 2 N–H and O–H groups in total. The van der Waals surface area contributed by atoms with Crippen LogP contribution in [-0.4, -0.2) is 44.0 Å². The Hall–Kier alpha value is -0.810. The lowest BCUT2D eigenvalue weighted by Gasteiger charge is -2.41. The first kappa shape index (κ1) is 19.2. The maximum atomic E-state index is 11.7. The zero-order chi connectivity index (χ0) is 16.8. The van der Waals surface area contributed by atoms with Gasteiger partial charge in [-0.3, -0.25) is 0 Å². The lowest BCUT2D eigenvalue weighted by atomic mass is 9.80. The molecule has 0 aromatic carbocycles. The number of hydrogen-bond donors (Lipinski definition) is 2. The average molecular weight is 314 g/mol. The Morgan fingerprint density at radius 2 is 1.86 bits per heavy atom. The van der Waals surface area contributed by atoms with Crippen molar-refractivity contribution >= 4 is 6.09 Å². The number of carbonyl (C=O) groups is 1. The predicted octanol–water partition coefficient (Wildman–Crippen LogP) is 2.94. The fourth-order valence-corrected chi connectivity index (χ4v) is 2.58. The summed E-state index contributed by atoms with van der Waals surface area (Å²) in [6.07, 6.45) is 3.19. The number of alkyl carbamates (subject to hydrolysis) is 1. The normalized spacial score (nSPS) is 18.7. The maximum absolute atomic E-state index is 11.7. The third-order valence-corrected chi connectivity index (χ3v) is 4.40. The van der Waals surface area contributed by atoms with E-state index in [-0.39, 0.29) is 11.7 Å². The van der Waals surface area contributed by atoms with Gasteiger partial charge in [0.15, 0.2) is 0 Å². The molecule has 1 unspecified atom stereocenters. The van der Waals surface area contributed by atoms with Crippen molar-refractivity contribution in [2.75, 3.05) is 26.7 Å². The molecule has 1 atom stereocenters. The molecule has 1 amide bonds. The van der Waals surface area contributed by atoms with E-state index in [9.17, 15) is 4.79 Å². The first-order chi connectivity index (χ1) is 10.2. The molecule has 1 fully saturated rings. The summed E-state index contributed by atoms with van der Waals surface area (Å²) in [4.78, 5) is 11.7. The summed E-state index contributed by atoms with van der Waals surface area (Å²) in [7, 11) is 1.80. The van der Waals surface area contributed by atoms with E-state index in [1.54, 1.807) is 7.11 Å². The molecule has 0 aromatic heterocycles. The van der Waals surface area contributed by atoms with Crippen molar-refractivity contribution < 1.29 is 14.3 Å². The SMILES string of the molecule is COC1(CNCC(CNC(=O)OC(C)(C)C)C(C)C)CCC1. The van der Waals surface area contributed by atoms with E-state index in [4.69, 9.17) is 9.47 Å². The van der Waals surface area contributed by atoms with E-state index >= 15 is 0 Å². The molecule has 22 heavy (non-hydrogen) atoms. The summed E-state index contributed by atoms with van der Waals surface area (Å²) in [5.41, 5.74) is -0.412. The fourth-order valence-electron chi connectivity index (χ4n) is 2.58. The zero-order valence-electron chi connectivity index (χ0n) is 15.1. The Morgan fingerprint density at radius 3 is 2.27 bits per heavy atom. The molecule has 0 spiro atoms. The highest BCUT2D eigenvalue weighted by atomic mass is 16.6. The van der Waals surface area contributed by atoms with Crippen molar-refractivity contribution in [3.05, 3.63) is 0 Å². The van der Waals surface area contributed by atoms with Crippen molar-refractivity contribution in [2.45, 2.75) is 65.1 Å². The first-order valence-corrected chi connectivity index (χ1v) is 8.40. The highest BCUT2D eigenvalue weighted by Gasteiger charge is 2.36. The van der Waals surface area contributed by atoms with Gasteiger partial charge in [-0.15, -0.1) is 0 Å². The molecule has 5 heteroatoms. The second-order valence-electron chi connectivity index (χ2n) is 7.76. The van der Waals surface area contributed by atoms with E-state index in [2.05, 4.69) is 24.5 Å². The summed E-state index contributed by atoms with van der Waals surface area (Å²) in [6.45, 7) is 12.4. The van der Waals surface area contributed by atoms with Crippen molar-refractivity contribution in [1.29, 1.82) is 0 Å². The van der Waals surface area contributed by atoms with Gasteiger partial charge in [-0.1, -0.05) is 13.8 Å². The lowest BCUT2D eigenvalue weighted by Crippen LogP contribution is -2.49. The molecule has 0 heterocycles. The Kier molecular flexibility index (Phi) is 7.13. The van der Waals surface area contributed by atoms with Gasteiger partial charge < -0.3 is 20.1 Å². The van der Waals surface area contributed by atoms with Crippen molar-refractivity contribution in [3.63, 3.8) is 0 Å². The van der Waals surface area contributed by atoms with E-state index in [1.165, 1.54) is 6.42 Å². The number of hydrogen-bond acceptors (Lipinski definition) is 4. The van der Waals surface area contributed by atoms with Crippen LogP contribution in [0.5, 0.6) is 0 Å². The smallest absolute Gasteiger partial charge is 0.407 e. The van der Waals surface area contributed by atoms with Gasteiger partial charge in [-0.25, -0.2) is 4.79 Å². The second kappa shape index (κ2) is 8.16. The van der Waals surface area contributed by atoms with Crippen LogP contribution in [0, 0.1) is 11.8 Å². The number of ether oxygens (including phenoxy) is 2. The van der Waals surface area contributed by atoms with Crippen LogP contribution in [-0.2, 0) is 9.47 Å². The fraction of sp³-hybridized carbons (Fsp3) is 0.941. The molecule has 0 radical (unpaired) electrons. The second-order valence-corrected chi connectivity index (χ2v) is 7.76. The monoisotopic (exact) mass is 314 g/mol. The average Bonchev–Trinajstić information content (AvgIpc) is 2.33. The topological polar surface area (TPSA) is 59.6 Å². The zero-order valence-corrected chi connectivity index (χ0v) is 15.1. The maximum Gasteiger partial charge on any atom is 0.407 e. The van der Waals surface area contributed by atoms with Crippen LogP contribution in [0.15, 0.2) is 0 Å². The molecule has 5 nitrogen and oxygen atoms in total. The summed E-state index contributed by atoms with van der Waals surface area (Å²) < 4.78 is 10.9. The number of nitrogens with one attached hydrogen (secondary N) is 2. The third-order valence-electron chi connectivity index (χ3n) is 4.40. The molecule has 1 saturated carbocycles. The molecule has 1 aliphatic rings. The summed E-state index contributed by atoms with van der Waals surface area (Å²) in [5.74, 6) is 0.865. The minimum atomic E-state index is -0.454. The molecule has 0 bridgehead atoms. The highest BCUT2D eigenvalue weighted by Crippen LogP contribution is 2.34. The number of methoxy groups -OCH3 is 1. The number of carbonyl (C=O) groups excluding carboxylic acids is 1. The Balaban J connectivity index is 2.31. The van der Waals surface area contributed by atoms with E-state index in [1.807, 2.05) is 20.8 Å². The van der Waals surface area contributed by atoms with E-state index < -0.39 is 5.60 Å². The molecule has 130 valence electrons. The van der Waals surface area contributed by atoms with Gasteiger partial charge in [0, 0.05) is 20.2 Å². The molecular formula is C17H34N2O3. The summed E-state index contributed by atoms with van der Waals surface area (Å²) >= 11 is 0. The number of rotatable bonds is 8. The largest absolute Gasteiger partial charge is 0.444 e. The van der Waals surface area contributed by atoms with E-state index in [0.29, 0.717) is 18.4 Å².